The Labute approximate surface area is 161 Å². The molecule has 1 amide bonds. The van der Waals surface area contributed by atoms with E-state index in [0.717, 1.165) is 22.2 Å². The van der Waals surface area contributed by atoms with E-state index < -0.39 is 12.1 Å². The van der Waals surface area contributed by atoms with Gasteiger partial charge in [0.25, 0.3) is 5.91 Å². The van der Waals surface area contributed by atoms with Crippen molar-refractivity contribution < 1.29 is 18.0 Å². The van der Waals surface area contributed by atoms with E-state index in [4.69, 9.17) is 0 Å². The van der Waals surface area contributed by atoms with Crippen molar-refractivity contribution in [3.8, 4) is 11.3 Å². The van der Waals surface area contributed by atoms with Gasteiger partial charge in [0.2, 0.25) is 0 Å². The lowest BCUT2D eigenvalue weighted by molar-refractivity contribution is -0.184. The lowest BCUT2D eigenvalue weighted by atomic mass is 9.96. The smallest absolute Gasteiger partial charge is 0.343 e. The van der Waals surface area contributed by atoms with E-state index >= 15 is 0 Å². The normalized spacial score (nSPS) is 17.9. The molecule has 4 rings (SSSR count). The molecule has 0 radical (unpaired) electrons. The van der Waals surface area contributed by atoms with Gasteiger partial charge in [-0.15, -0.1) is 0 Å². The van der Waals surface area contributed by atoms with Crippen LogP contribution in [0.25, 0.3) is 22.2 Å². The zero-order valence-corrected chi connectivity index (χ0v) is 15.5. The number of aromatic nitrogens is 1. The van der Waals surface area contributed by atoms with Crippen LogP contribution in [0.5, 0.6) is 0 Å². The topological polar surface area (TPSA) is 25.2 Å². The average molecular weight is 386 g/mol. The molecule has 2 aromatic carbocycles. The first-order valence-corrected chi connectivity index (χ1v) is 9.36. The van der Waals surface area contributed by atoms with Gasteiger partial charge >= 0.3 is 6.18 Å². The van der Waals surface area contributed by atoms with Crippen molar-refractivity contribution in [3.05, 3.63) is 60.2 Å². The first kappa shape index (κ1) is 18.6. The number of hydrogen-bond acceptors (Lipinski definition) is 1. The number of hydrogen-bond donors (Lipinski definition) is 0. The summed E-state index contributed by atoms with van der Waals surface area (Å²) in [5.41, 5.74) is 2.97. The van der Waals surface area contributed by atoms with Gasteiger partial charge in [0, 0.05) is 31.0 Å². The zero-order valence-electron chi connectivity index (χ0n) is 15.5. The molecule has 1 aliphatic rings. The first-order valence-electron chi connectivity index (χ1n) is 9.36. The number of fused-ring (bicyclic) bond motifs is 1. The highest BCUT2D eigenvalue weighted by Gasteiger charge is 2.43. The molecule has 1 aliphatic heterocycles. The predicted molar refractivity (Wildman–Crippen MR) is 103 cm³/mol. The van der Waals surface area contributed by atoms with Gasteiger partial charge in [-0.25, -0.2) is 0 Å². The standard InChI is InChI=1S/C22H21F3N2O/c1-26-18-12-6-5-11-17(18)19(20(26)15-8-3-2-4-9-15)21(28)27-13-7-10-16(14-27)22(23,24)25/h2-6,8-9,11-12,16H,7,10,13-14H2,1H3. The van der Waals surface area contributed by atoms with E-state index in [9.17, 15) is 18.0 Å². The van der Waals surface area contributed by atoms with E-state index in [1.165, 1.54) is 4.90 Å². The van der Waals surface area contributed by atoms with E-state index in [-0.39, 0.29) is 18.9 Å². The Balaban J connectivity index is 1.83. The molecule has 0 spiro atoms. The molecule has 0 saturated carbocycles. The van der Waals surface area contributed by atoms with Gasteiger partial charge in [0.1, 0.15) is 0 Å². The van der Waals surface area contributed by atoms with Gasteiger partial charge in [-0.2, -0.15) is 13.2 Å². The number of piperidine rings is 1. The van der Waals surface area contributed by atoms with Crippen LogP contribution < -0.4 is 0 Å². The molecule has 3 nitrogen and oxygen atoms in total. The number of amides is 1. The van der Waals surface area contributed by atoms with E-state index in [1.807, 2.05) is 66.2 Å². The second kappa shape index (κ2) is 7.00. The summed E-state index contributed by atoms with van der Waals surface area (Å²) in [5.74, 6) is -1.79. The molecule has 0 aliphatic carbocycles. The Morgan fingerprint density at radius 3 is 2.43 bits per heavy atom. The molecule has 6 heteroatoms. The van der Waals surface area contributed by atoms with Crippen LogP contribution in [0.3, 0.4) is 0 Å². The van der Waals surface area contributed by atoms with Gasteiger partial charge < -0.3 is 9.47 Å². The summed E-state index contributed by atoms with van der Waals surface area (Å²) in [6, 6.07) is 17.0. The molecule has 2 heterocycles. The monoisotopic (exact) mass is 386 g/mol. The van der Waals surface area contributed by atoms with Crippen LogP contribution in [0.4, 0.5) is 13.2 Å². The largest absolute Gasteiger partial charge is 0.393 e. The van der Waals surface area contributed by atoms with Gasteiger partial charge in [0.15, 0.2) is 0 Å². The molecule has 1 fully saturated rings. The van der Waals surface area contributed by atoms with Gasteiger partial charge in [0.05, 0.1) is 17.2 Å². The summed E-state index contributed by atoms with van der Waals surface area (Å²) in [6.45, 7) is 0.0721. The SMILES string of the molecule is Cn1c(-c2ccccc2)c(C(=O)N2CCCC(C(F)(F)F)C2)c2ccccc21. The fraction of sp³-hybridized carbons (Fsp3) is 0.318. The first-order chi connectivity index (χ1) is 13.4. The van der Waals surface area contributed by atoms with Crippen molar-refractivity contribution in [1.82, 2.24) is 9.47 Å². The van der Waals surface area contributed by atoms with Crippen molar-refractivity contribution in [3.63, 3.8) is 0 Å². The van der Waals surface area contributed by atoms with E-state index in [1.54, 1.807) is 0 Å². The number of para-hydroxylation sites is 1. The summed E-state index contributed by atoms with van der Waals surface area (Å²) in [6.07, 6.45) is -3.84. The van der Waals surface area contributed by atoms with Gasteiger partial charge in [-0.1, -0.05) is 48.5 Å². The third-order valence-electron chi connectivity index (χ3n) is 5.54. The number of benzene rings is 2. The molecule has 0 bridgehead atoms. The molecule has 1 saturated heterocycles. The minimum absolute atomic E-state index is 0.0777. The molecule has 146 valence electrons. The van der Waals surface area contributed by atoms with Gasteiger partial charge in [-0.3, -0.25) is 4.79 Å². The number of carbonyl (C=O) groups is 1. The third kappa shape index (κ3) is 3.17. The van der Waals surface area contributed by atoms with E-state index in [0.29, 0.717) is 18.5 Å². The van der Waals surface area contributed by atoms with Crippen molar-refractivity contribution in [2.45, 2.75) is 19.0 Å². The van der Waals surface area contributed by atoms with Crippen LogP contribution in [0.1, 0.15) is 23.2 Å². The number of aryl methyl sites for hydroxylation is 1. The summed E-state index contributed by atoms with van der Waals surface area (Å²) in [4.78, 5) is 14.8. The fourth-order valence-electron chi connectivity index (χ4n) is 4.13. The second-order valence-corrected chi connectivity index (χ2v) is 7.30. The molecule has 1 aromatic heterocycles. The number of rotatable bonds is 2. The highest BCUT2D eigenvalue weighted by Crippen LogP contribution is 2.37. The average Bonchev–Trinajstić information content (AvgIpc) is 3.00. The molecule has 0 N–H and O–H groups in total. The zero-order chi connectivity index (χ0) is 19.9. The lowest BCUT2D eigenvalue weighted by Crippen LogP contribution is -2.44. The quantitative estimate of drug-likeness (QED) is 0.590. The maximum Gasteiger partial charge on any atom is 0.393 e. The maximum atomic E-state index is 13.4. The Morgan fingerprint density at radius 2 is 1.71 bits per heavy atom. The van der Waals surface area contributed by atoms with Crippen LogP contribution in [0.15, 0.2) is 54.6 Å². The van der Waals surface area contributed by atoms with Crippen LogP contribution in [-0.2, 0) is 7.05 Å². The summed E-state index contributed by atoms with van der Waals surface area (Å²) in [7, 11) is 1.89. The highest BCUT2D eigenvalue weighted by molar-refractivity contribution is 6.12. The number of likely N-dealkylation sites (tertiary alicyclic amines) is 1. The van der Waals surface area contributed by atoms with Crippen molar-refractivity contribution in [2.24, 2.45) is 13.0 Å². The van der Waals surface area contributed by atoms with Crippen molar-refractivity contribution in [2.75, 3.05) is 13.1 Å². The maximum absolute atomic E-state index is 13.4. The van der Waals surface area contributed by atoms with Crippen LogP contribution >= 0.6 is 0 Å². The minimum atomic E-state index is -4.28. The number of alkyl halides is 3. The number of nitrogens with zero attached hydrogens (tertiary/aromatic N) is 2. The second-order valence-electron chi connectivity index (χ2n) is 7.30. The molecule has 28 heavy (non-hydrogen) atoms. The van der Waals surface area contributed by atoms with Crippen molar-refractivity contribution in [1.29, 1.82) is 0 Å². The van der Waals surface area contributed by atoms with Crippen LogP contribution in [0, 0.1) is 5.92 Å². The Kier molecular flexibility index (Phi) is 4.65. The number of carbonyl (C=O) groups excluding carboxylic acids is 1. The summed E-state index contributed by atoms with van der Waals surface area (Å²) in [5, 5.41) is 0.767. The van der Waals surface area contributed by atoms with Crippen LogP contribution in [-0.4, -0.2) is 34.6 Å². The molecular formula is C22H21F3N2O. The van der Waals surface area contributed by atoms with Crippen molar-refractivity contribution >= 4 is 16.8 Å². The Bertz CT molecular complexity index is 1010. The van der Waals surface area contributed by atoms with E-state index in [2.05, 4.69) is 0 Å². The summed E-state index contributed by atoms with van der Waals surface area (Å²) < 4.78 is 41.7. The predicted octanol–water partition coefficient (Wildman–Crippen LogP) is 5.26. The van der Waals surface area contributed by atoms with Crippen LogP contribution in [0.2, 0.25) is 0 Å². The molecule has 1 atom stereocenters. The lowest BCUT2D eigenvalue weighted by Gasteiger charge is -2.34. The number of halogens is 3. The Morgan fingerprint density at radius 1 is 1.04 bits per heavy atom. The minimum Gasteiger partial charge on any atom is -0.343 e. The summed E-state index contributed by atoms with van der Waals surface area (Å²) >= 11 is 0. The molecular weight excluding hydrogens is 365 g/mol. The fourth-order valence-corrected chi connectivity index (χ4v) is 4.13. The third-order valence-corrected chi connectivity index (χ3v) is 5.54. The molecule has 3 aromatic rings. The molecule has 1 unspecified atom stereocenters. The van der Waals surface area contributed by atoms with Gasteiger partial charge in [-0.05, 0) is 24.5 Å². The Hall–Kier alpha value is -2.76. The highest BCUT2D eigenvalue weighted by atomic mass is 19.4.